The number of nitrogens with zero attached hydrogens (tertiary/aromatic N) is 2. The zero-order chi connectivity index (χ0) is 28.9. The Balaban J connectivity index is 1.23. The van der Waals surface area contributed by atoms with Gasteiger partial charge in [0.15, 0.2) is 0 Å². The highest BCUT2D eigenvalue weighted by Crippen LogP contribution is 2.60. The van der Waals surface area contributed by atoms with Gasteiger partial charge >= 0.3 is 0 Å². The average molecular weight is 622 g/mol. The molecule has 4 saturated carbocycles. The summed E-state index contributed by atoms with van der Waals surface area (Å²) < 4.78 is 0.895. The Morgan fingerprint density at radius 3 is 2.12 bits per heavy atom. The van der Waals surface area contributed by atoms with Gasteiger partial charge in [0, 0.05) is 21.5 Å². The first-order chi connectivity index (χ1) is 20.2. The van der Waals surface area contributed by atoms with Crippen LogP contribution in [0.1, 0.15) is 70.4 Å². The molecule has 5 aliphatic rings. The number of carbonyl (C=O) groups excluding carboxylic acids is 2. The first-order valence-electron chi connectivity index (χ1n) is 14.7. The van der Waals surface area contributed by atoms with Crippen LogP contribution in [0.2, 0.25) is 0 Å². The molecule has 0 spiro atoms. The van der Waals surface area contributed by atoms with Gasteiger partial charge in [0.05, 0.1) is 21.7 Å². The molecule has 0 aromatic heterocycles. The molecule has 1 heterocycles. The molecule has 0 N–H and O–H groups in total. The third-order valence-electron chi connectivity index (χ3n) is 10.4. The average Bonchev–Trinajstić information content (AvgIpc) is 2.96. The van der Waals surface area contributed by atoms with Crippen molar-refractivity contribution in [1.29, 1.82) is 0 Å². The van der Waals surface area contributed by atoms with Crippen LogP contribution in [0.15, 0.2) is 71.2 Å². The van der Waals surface area contributed by atoms with Crippen LogP contribution >= 0.6 is 15.9 Å². The second kappa shape index (κ2) is 9.08. The molecule has 0 atom stereocenters. The van der Waals surface area contributed by atoms with Crippen LogP contribution in [0, 0.1) is 34.8 Å². The van der Waals surface area contributed by atoms with Gasteiger partial charge in [-0.25, -0.2) is 4.90 Å². The number of nitro groups is 1. The topological polar surface area (TPSA) is 80.5 Å². The fourth-order valence-corrected chi connectivity index (χ4v) is 9.31. The molecule has 4 bridgehead atoms. The predicted octanol–water partition coefficient (Wildman–Crippen LogP) is 8.75. The second-order valence-electron chi connectivity index (χ2n) is 13.0. The summed E-state index contributed by atoms with van der Waals surface area (Å²) in [6.45, 7) is 1.92. The van der Waals surface area contributed by atoms with Crippen LogP contribution < -0.4 is 4.90 Å². The van der Waals surface area contributed by atoms with Gasteiger partial charge in [0.2, 0.25) is 0 Å². The largest absolute Gasteiger partial charge is 0.278 e. The Bertz CT molecular complexity index is 1830. The summed E-state index contributed by atoms with van der Waals surface area (Å²) >= 11 is 3.50. The van der Waals surface area contributed by atoms with E-state index in [2.05, 4.69) is 28.1 Å². The third kappa shape index (κ3) is 3.68. The van der Waals surface area contributed by atoms with Crippen molar-refractivity contribution < 1.29 is 14.5 Å². The quantitative estimate of drug-likeness (QED) is 0.130. The Morgan fingerprint density at radius 1 is 0.857 bits per heavy atom. The maximum absolute atomic E-state index is 14.0. The lowest BCUT2D eigenvalue weighted by atomic mass is 9.48. The molecule has 0 saturated heterocycles. The van der Waals surface area contributed by atoms with Gasteiger partial charge in [0.1, 0.15) is 0 Å². The van der Waals surface area contributed by atoms with Crippen LogP contribution in [0.3, 0.4) is 0 Å². The SMILES string of the molecule is Cc1cc(-c2c([N+](=O)[O-])cc3c4c(cccc24)C(=O)N(c2ccc(C45CC6CC(CC(C6)C4)C5)cc2)C3=O)ccc1Br. The zero-order valence-corrected chi connectivity index (χ0v) is 24.8. The van der Waals surface area contributed by atoms with E-state index >= 15 is 0 Å². The van der Waals surface area contributed by atoms with Gasteiger partial charge in [-0.3, -0.25) is 19.7 Å². The first-order valence-corrected chi connectivity index (χ1v) is 15.5. The maximum Gasteiger partial charge on any atom is 0.278 e. The molecular weight excluding hydrogens is 592 g/mol. The lowest BCUT2D eigenvalue weighted by Gasteiger charge is -2.57. The Morgan fingerprint density at radius 2 is 1.50 bits per heavy atom. The summed E-state index contributed by atoms with van der Waals surface area (Å²) in [4.78, 5) is 41.1. The minimum absolute atomic E-state index is 0.156. The Kier molecular flexibility index (Phi) is 5.58. The Hall–Kier alpha value is -3.84. The standard InChI is InChI=1S/C35H29BrN2O4/c1-19-11-23(5-10-29(19)36)31-26-3-2-4-27-32(26)28(15-30(31)38(41)42)34(40)37(33(27)39)25-8-6-24(7-9-25)35-16-20-12-21(17-35)14-22(13-20)18-35/h2-11,15,20-22H,12-14,16-18H2,1H3. The lowest BCUT2D eigenvalue weighted by molar-refractivity contribution is -0.384. The van der Waals surface area contributed by atoms with E-state index in [0.29, 0.717) is 33.2 Å². The number of halogens is 1. The van der Waals surface area contributed by atoms with E-state index in [-0.39, 0.29) is 16.7 Å². The number of nitro benzene ring substituents is 1. The highest BCUT2D eigenvalue weighted by Gasteiger charge is 2.51. The molecule has 4 aliphatic carbocycles. The van der Waals surface area contributed by atoms with Crippen molar-refractivity contribution in [2.45, 2.75) is 50.9 Å². The summed E-state index contributed by atoms with van der Waals surface area (Å²) in [7, 11) is 0. The fourth-order valence-electron chi connectivity index (χ4n) is 9.06. The van der Waals surface area contributed by atoms with E-state index < -0.39 is 16.7 Å². The van der Waals surface area contributed by atoms with Crippen molar-refractivity contribution in [3.8, 4) is 11.1 Å². The van der Waals surface area contributed by atoms with E-state index in [1.807, 2.05) is 37.3 Å². The molecule has 7 heteroatoms. The van der Waals surface area contributed by atoms with Crippen LogP contribution in [-0.2, 0) is 5.41 Å². The molecular formula is C35H29BrN2O4. The molecule has 0 radical (unpaired) electrons. The van der Waals surface area contributed by atoms with E-state index in [4.69, 9.17) is 0 Å². The Labute approximate surface area is 252 Å². The van der Waals surface area contributed by atoms with Crippen LogP contribution in [0.25, 0.3) is 21.9 Å². The molecule has 9 rings (SSSR count). The van der Waals surface area contributed by atoms with Crippen molar-refractivity contribution in [3.05, 3.63) is 104 Å². The number of hydrogen-bond acceptors (Lipinski definition) is 4. The van der Waals surface area contributed by atoms with Crippen molar-refractivity contribution in [3.63, 3.8) is 0 Å². The van der Waals surface area contributed by atoms with Crippen molar-refractivity contribution >= 4 is 49.9 Å². The number of amides is 2. The predicted molar refractivity (Wildman–Crippen MR) is 166 cm³/mol. The molecule has 210 valence electrons. The fraction of sp³-hybridized carbons (Fsp3) is 0.314. The monoisotopic (exact) mass is 620 g/mol. The highest BCUT2D eigenvalue weighted by molar-refractivity contribution is 9.10. The van der Waals surface area contributed by atoms with Crippen LogP contribution in [0.5, 0.6) is 0 Å². The molecule has 1 aliphatic heterocycles. The van der Waals surface area contributed by atoms with Crippen molar-refractivity contribution in [1.82, 2.24) is 0 Å². The maximum atomic E-state index is 14.0. The van der Waals surface area contributed by atoms with E-state index in [9.17, 15) is 19.7 Å². The number of rotatable bonds is 4. The summed E-state index contributed by atoms with van der Waals surface area (Å²) in [6.07, 6.45) is 7.81. The van der Waals surface area contributed by atoms with Gasteiger partial charge in [-0.05, 0) is 115 Å². The number of anilines is 1. The number of aryl methyl sites for hydroxylation is 1. The number of carbonyl (C=O) groups is 2. The summed E-state index contributed by atoms with van der Waals surface area (Å²) in [6, 6.07) is 20.1. The van der Waals surface area contributed by atoms with E-state index in [1.54, 1.807) is 18.2 Å². The normalized spacial score (nSPS) is 25.9. The minimum Gasteiger partial charge on any atom is -0.268 e. The van der Waals surface area contributed by atoms with Crippen molar-refractivity contribution in [2.24, 2.45) is 17.8 Å². The molecule has 42 heavy (non-hydrogen) atoms. The molecule has 2 amide bonds. The first kappa shape index (κ1) is 25.8. The molecule has 6 nitrogen and oxygen atoms in total. The van der Waals surface area contributed by atoms with Gasteiger partial charge in [0.25, 0.3) is 17.5 Å². The van der Waals surface area contributed by atoms with Gasteiger partial charge < -0.3 is 0 Å². The van der Waals surface area contributed by atoms with E-state index in [0.717, 1.165) is 27.8 Å². The number of hydrogen-bond donors (Lipinski definition) is 0. The van der Waals surface area contributed by atoms with Gasteiger partial charge in [-0.15, -0.1) is 0 Å². The second-order valence-corrected chi connectivity index (χ2v) is 13.8. The van der Waals surface area contributed by atoms with Crippen molar-refractivity contribution in [2.75, 3.05) is 4.90 Å². The van der Waals surface area contributed by atoms with Gasteiger partial charge in [-0.2, -0.15) is 0 Å². The van der Waals surface area contributed by atoms with Gasteiger partial charge in [-0.1, -0.05) is 52.3 Å². The molecule has 4 fully saturated rings. The minimum atomic E-state index is -0.534. The lowest BCUT2D eigenvalue weighted by Crippen LogP contribution is -2.48. The molecule has 4 aromatic rings. The summed E-state index contributed by atoms with van der Waals surface area (Å²) in [5.41, 5.74) is 4.41. The third-order valence-corrected chi connectivity index (χ3v) is 11.3. The zero-order valence-electron chi connectivity index (χ0n) is 23.2. The molecule has 4 aromatic carbocycles. The van der Waals surface area contributed by atoms with Crippen LogP contribution in [0.4, 0.5) is 11.4 Å². The van der Waals surface area contributed by atoms with E-state index in [1.165, 1.54) is 55.1 Å². The summed E-state index contributed by atoms with van der Waals surface area (Å²) in [5, 5.41) is 13.4. The number of benzene rings is 4. The number of imide groups is 1. The smallest absolute Gasteiger partial charge is 0.268 e. The summed E-state index contributed by atoms with van der Waals surface area (Å²) in [5.74, 6) is 1.51. The highest BCUT2D eigenvalue weighted by atomic mass is 79.9. The van der Waals surface area contributed by atoms with Crippen LogP contribution in [-0.4, -0.2) is 16.7 Å². The molecule has 0 unspecified atom stereocenters.